The highest BCUT2D eigenvalue weighted by Gasteiger charge is 2.26. The Bertz CT molecular complexity index is 770. The summed E-state index contributed by atoms with van der Waals surface area (Å²) in [7, 11) is -0.610. The molecule has 124 valence electrons. The Labute approximate surface area is 137 Å². The van der Waals surface area contributed by atoms with E-state index in [1.165, 1.54) is 11.4 Å². The SMILES string of the molecule is CCN(c1cc(C)ccc1OC)S(=O)(=O)c1ccc(OC)cc1. The van der Waals surface area contributed by atoms with E-state index in [4.69, 9.17) is 9.47 Å². The van der Waals surface area contributed by atoms with Crippen molar-refractivity contribution in [2.45, 2.75) is 18.7 Å². The van der Waals surface area contributed by atoms with Crippen LogP contribution in [0.3, 0.4) is 0 Å². The fourth-order valence-electron chi connectivity index (χ4n) is 2.34. The first-order valence-electron chi connectivity index (χ1n) is 7.25. The Morgan fingerprint density at radius 2 is 1.65 bits per heavy atom. The van der Waals surface area contributed by atoms with Gasteiger partial charge in [0.15, 0.2) is 0 Å². The van der Waals surface area contributed by atoms with Gasteiger partial charge in [0.2, 0.25) is 0 Å². The van der Waals surface area contributed by atoms with Crippen molar-refractivity contribution in [2.24, 2.45) is 0 Å². The Kier molecular flexibility index (Phi) is 5.15. The molecule has 2 aromatic rings. The summed E-state index contributed by atoms with van der Waals surface area (Å²) in [5.74, 6) is 1.13. The molecule has 0 spiro atoms. The van der Waals surface area contributed by atoms with Gasteiger partial charge in [0.05, 0.1) is 24.8 Å². The molecule has 0 radical (unpaired) electrons. The van der Waals surface area contributed by atoms with Gasteiger partial charge >= 0.3 is 0 Å². The molecule has 0 atom stereocenters. The van der Waals surface area contributed by atoms with Crippen molar-refractivity contribution in [2.75, 3.05) is 25.1 Å². The normalized spacial score (nSPS) is 11.1. The topological polar surface area (TPSA) is 55.8 Å². The number of ether oxygens (including phenoxy) is 2. The van der Waals surface area contributed by atoms with Gasteiger partial charge in [-0.3, -0.25) is 4.31 Å². The van der Waals surface area contributed by atoms with Gasteiger partial charge in [-0.2, -0.15) is 0 Å². The smallest absolute Gasteiger partial charge is 0.264 e. The fourth-order valence-corrected chi connectivity index (χ4v) is 3.82. The largest absolute Gasteiger partial charge is 0.497 e. The lowest BCUT2D eigenvalue weighted by Crippen LogP contribution is -2.31. The standard InChI is InChI=1S/C17H21NO4S/c1-5-18(16-12-13(2)6-11-17(16)22-4)23(19,20)15-9-7-14(21-3)8-10-15/h6-12H,5H2,1-4H3. The third-order valence-electron chi connectivity index (χ3n) is 3.54. The minimum atomic E-state index is -3.68. The summed E-state index contributed by atoms with van der Waals surface area (Å²) in [5.41, 5.74) is 1.50. The van der Waals surface area contributed by atoms with Crippen LogP contribution < -0.4 is 13.8 Å². The molecule has 0 heterocycles. The molecule has 0 amide bonds. The van der Waals surface area contributed by atoms with Crippen molar-refractivity contribution in [3.05, 3.63) is 48.0 Å². The van der Waals surface area contributed by atoms with E-state index in [0.717, 1.165) is 5.56 Å². The van der Waals surface area contributed by atoms with Crippen LogP contribution in [-0.4, -0.2) is 29.2 Å². The monoisotopic (exact) mass is 335 g/mol. The van der Waals surface area contributed by atoms with Gasteiger partial charge in [0.25, 0.3) is 10.0 Å². The number of aryl methyl sites for hydroxylation is 1. The average Bonchev–Trinajstić information content (AvgIpc) is 2.55. The van der Waals surface area contributed by atoms with Gasteiger partial charge < -0.3 is 9.47 Å². The molecule has 0 saturated carbocycles. The van der Waals surface area contributed by atoms with Crippen molar-refractivity contribution < 1.29 is 17.9 Å². The molecule has 0 fully saturated rings. The van der Waals surface area contributed by atoms with Crippen LogP contribution in [0.15, 0.2) is 47.4 Å². The van der Waals surface area contributed by atoms with E-state index in [-0.39, 0.29) is 4.90 Å². The molecule has 0 aliphatic heterocycles. The van der Waals surface area contributed by atoms with E-state index in [1.807, 2.05) is 19.1 Å². The molecule has 0 unspecified atom stereocenters. The summed E-state index contributed by atoms with van der Waals surface area (Å²) in [4.78, 5) is 0.212. The van der Waals surface area contributed by atoms with Crippen molar-refractivity contribution in [1.82, 2.24) is 0 Å². The maximum atomic E-state index is 13.0. The van der Waals surface area contributed by atoms with Gasteiger partial charge in [-0.05, 0) is 55.8 Å². The van der Waals surface area contributed by atoms with Crippen LogP contribution in [0.5, 0.6) is 11.5 Å². The first kappa shape index (κ1) is 17.1. The number of sulfonamides is 1. The third kappa shape index (κ3) is 3.42. The van der Waals surface area contributed by atoms with Crippen molar-refractivity contribution in [1.29, 1.82) is 0 Å². The van der Waals surface area contributed by atoms with Crippen LogP contribution in [-0.2, 0) is 10.0 Å². The molecular weight excluding hydrogens is 314 g/mol. The Balaban J connectivity index is 2.52. The summed E-state index contributed by atoms with van der Waals surface area (Å²) in [5, 5.41) is 0. The number of hydrogen-bond donors (Lipinski definition) is 0. The lowest BCUT2D eigenvalue weighted by Gasteiger charge is -2.25. The predicted octanol–water partition coefficient (Wildman–Crippen LogP) is 3.23. The van der Waals surface area contributed by atoms with Gasteiger partial charge in [-0.1, -0.05) is 6.07 Å². The number of anilines is 1. The fraction of sp³-hybridized carbons (Fsp3) is 0.294. The molecule has 2 aromatic carbocycles. The van der Waals surface area contributed by atoms with Crippen molar-refractivity contribution >= 4 is 15.7 Å². The molecule has 0 aromatic heterocycles. The molecule has 0 aliphatic rings. The van der Waals surface area contributed by atoms with Crippen LogP contribution in [0.2, 0.25) is 0 Å². The minimum absolute atomic E-state index is 0.212. The molecule has 0 bridgehead atoms. The molecule has 0 N–H and O–H groups in total. The zero-order chi connectivity index (χ0) is 17.0. The van der Waals surface area contributed by atoms with E-state index < -0.39 is 10.0 Å². The van der Waals surface area contributed by atoms with Gasteiger partial charge in [-0.25, -0.2) is 8.42 Å². The first-order chi connectivity index (χ1) is 10.9. The molecule has 6 heteroatoms. The quantitative estimate of drug-likeness (QED) is 0.813. The Hall–Kier alpha value is -2.21. The Morgan fingerprint density at radius 3 is 2.17 bits per heavy atom. The third-order valence-corrected chi connectivity index (χ3v) is 5.44. The van der Waals surface area contributed by atoms with Crippen LogP contribution in [0, 0.1) is 6.92 Å². The summed E-state index contributed by atoms with van der Waals surface area (Å²) in [6, 6.07) is 11.8. The maximum absolute atomic E-state index is 13.0. The number of benzene rings is 2. The van der Waals surface area contributed by atoms with Crippen LogP contribution in [0.4, 0.5) is 5.69 Å². The second-order valence-electron chi connectivity index (χ2n) is 5.02. The summed E-state index contributed by atoms with van der Waals surface area (Å²) >= 11 is 0. The lowest BCUT2D eigenvalue weighted by atomic mass is 10.2. The second-order valence-corrected chi connectivity index (χ2v) is 6.88. The van der Waals surface area contributed by atoms with Gasteiger partial charge in [-0.15, -0.1) is 0 Å². The van der Waals surface area contributed by atoms with E-state index in [1.54, 1.807) is 44.4 Å². The zero-order valence-electron chi connectivity index (χ0n) is 13.7. The molecule has 5 nitrogen and oxygen atoms in total. The average molecular weight is 335 g/mol. The zero-order valence-corrected chi connectivity index (χ0v) is 14.6. The summed E-state index contributed by atoms with van der Waals surface area (Å²) in [6.45, 7) is 4.01. The lowest BCUT2D eigenvalue weighted by molar-refractivity contribution is 0.414. The van der Waals surface area contributed by atoms with Crippen LogP contribution in [0.1, 0.15) is 12.5 Å². The van der Waals surface area contributed by atoms with Crippen LogP contribution >= 0.6 is 0 Å². The number of hydrogen-bond acceptors (Lipinski definition) is 4. The van der Waals surface area contributed by atoms with Crippen molar-refractivity contribution in [3.8, 4) is 11.5 Å². The minimum Gasteiger partial charge on any atom is -0.497 e. The molecule has 0 saturated heterocycles. The molecule has 2 rings (SSSR count). The van der Waals surface area contributed by atoms with Crippen LogP contribution in [0.25, 0.3) is 0 Å². The molecular formula is C17H21NO4S. The van der Waals surface area contributed by atoms with E-state index in [0.29, 0.717) is 23.7 Å². The summed E-state index contributed by atoms with van der Waals surface area (Å²) in [6.07, 6.45) is 0. The number of rotatable bonds is 6. The number of nitrogens with zero attached hydrogens (tertiary/aromatic N) is 1. The van der Waals surface area contributed by atoms with Gasteiger partial charge in [0.1, 0.15) is 11.5 Å². The highest BCUT2D eigenvalue weighted by molar-refractivity contribution is 7.92. The number of methoxy groups -OCH3 is 2. The van der Waals surface area contributed by atoms with E-state index in [2.05, 4.69) is 0 Å². The van der Waals surface area contributed by atoms with E-state index in [9.17, 15) is 8.42 Å². The highest BCUT2D eigenvalue weighted by atomic mass is 32.2. The maximum Gasteiger partial charge on any atom is 0.264 e. The second kappa shape index (κ2) is 6.91. The van der Waals surface area contributed by atoms with Crippen molar-refractivity contribution in [3.63, 3.8) is 0 Å². The highest BCUT2D eigenvalue weighted by Crippen LogP contribution is 2.33. The predicted molar refractivity (Wildman–Crippen MR) is 90.9 cm³/mol. The molecule has 23 heavy (non-hydrogen) atoms. The Morgan fingerprint density at radius 1 is 1.00 bits per heavy atom. The summed E-state index contributed by atoms with van der Waals surface area (Å²) < 4.78 is 37.7. The van der Waals surface area contributed by atoms with E-state index >= 15 is 0 Å². The molecule has 0 aliphatic carbocycles. The first-order valence-corrected chi connectivity index (χ1v) is 8.69. The van der Waals surface area contributed by atoms with Gasteiger partial charge in [0, 0.05) is 6.54 Å².